The minimum Gasteiger partial charge on any atom is -0.485 e. The Morgan fingerprint density at radius 2 is 1.88 bits per heavy atom. The molecule has 3 aromatic heterocycles. The number of sulfone groups is 1. The zero-order chi connectivity index (χ0) is 23.3. The first-order valence-corrected chi connectivity index (χ1v) is 11.4. The van der Waals surface area contributed by atoms with Crippen LogP contribution in [0, 0.1) is 0 Å². The fourth-order valence-electron chi connectivity index (χ4n) is 3.20. The lowest BCUT2D eigenvalue weighted by Gasteiger charge is -2.20. The van der Waals surface area contributed by atoms with Crippen LogP contribution in [0.3, 0.4) is 0 Å². The summed E-state index contributed by atoms with van der Waals surface area (Å²) >= 11 is 0. The first kappa shape index (κ1) is 22.4. The molecule has 0 saturated heterocycles. The van der Waals surface area contributed by atoms with Crippen LogP contribution in [0.2, 0.25) is 0 Å². The Morgan fingerprint density at radius 3 is 2.50 bits per heavy atom. The Labute approximate surface area is 180 Å². The molecule has 0 amide bonds. The van der Waals surface area contributed by atoms with Crippen molar-refractivity contribution in [3.63, 3.8) is 0 Å². The molecule has 0 radical (unpaired) electrons. The highest BCUT2D eigenvalue weighted by atomic mass is 32.2. The van der Waals surface area contributed by atoms with E-state index in [9.17, 15) is 30.4 Å². The Balaban J connectivity index is 1.77. The number of hydrogen-bond acceptors (Lipinski definition) is 5. The Hall–Kier alpha value is -2.76. The summed E-state index contributed by atoms with van der Waals surface area (Å²) in [5, 5.41) is 0. The van der Waals surface area contributed by atoms with Gasteiger partial charge in [-0.15, -0.1) is 0 Å². The summed E-state index contributed by atoms with van der Waals surface area (Å²) in [5.74, 6) is -5.10. The van der Waals surface area contributed by atoms with Gasteiger partial charge < -0.3 is 4.74 Å². The van der Waals surface area contributed by atoms with Gasteiger partial charge in [0, 0.05) is 12.4 Å². The van der Waals surface area contributed by atoms with E-state index in [0.717, 1.165) is 18.4 Å². The number of imidazole rings is 1. The van der Waals surface area contributed by atoms with Crippen molar-refractivity contribution in [3.05, 3.63) is 42.4 Å². The van der Waals surface area contributed by atoms with Crippen molar-refractivity contribution in [3.8, 4) is 17.3 Å². The molecule has 0 N–H and O–H groups in total. The molecule has 12 heteroatoms. The second-order valence-electron chi connectivity index (χ2n) is 7.49. The standard InChI is InChI=1S/C20H18F5N3O3S/c1-2-32(29,30)16-8-13(12-5-6-12)9-26-17(16)18-27-10-14-15(4-3-7-28(14)18)31-11-19(21,22)20(23,24)25/h3-4,7-10,12H,2,5-6,11H2,1H3. The van der Waals surface area contributed by atoms with Crippen LogP contribution in [0.15, 0.2) is 41.7 Å². The Morgan fingerprint density at radius 1 is 1.16 bits per heavy atom. The van der Waals surface area contributed by atoms with Gasteiger partial charge in [0.25, 0.3) is 0 Å². The molecule has 0 atom stereocenters. The average molecular weight is 475 g/mol. The van der Waals surface area contributed by atoms with Gasteiger partial charge in [0.1, 0.15) is 17.0 Å². The number of alkyl halides is 5. The van der Waals surface area contributed by atoms with E-state index in [1.54, 1.807) is 12.3 Å². The second-order valence-corrected chi connectivity index (χ2v) is 9.74. The number of hydrogen-bond donors (Lipinski definition) is 0. The Kier molecular flexibility index (Phi) is 5.38. The van der Waals surface area contributed by atoms with Crippen LogP contribution in [-0.2, 0) is 9.84 Å². The lowest BCUT2D eigenvalue weighted by atomic mass is 10.2. The molecule has 3 heterocycles. The molecule has 1 fully saturated rings. The summed E-state index contributed by atoms with van der Waals surface area (Å²) in [5.41, 5.74) is 0.961. The normalized spacial score (nSPS) is 15.3. The molecule has 172 valence electrons. The summed E-state index contributed by atoms with van der Waals surface area (Å²) in [6.45, 7) is -0.403. The molecule has 0 spiro atoms. The highest BCUT2D eigenvalue weighted by molar-refractivity contribution is 7.91. The van der Waals surface area contributed by atoms with Crippen LogP contribution in [0.5, 0.6) is 5.75 Å². The lowest BCUT2D eigenvalue weighted by Crippen LogP contribution is -2.41. The molecule has 1 aliphatic carbocycles. The molecule has 6 nitrogen and oxygen atoms in total. The summed E-state index contributed by atoms with van der Waals surface area (Å²) in [6, 6.07) is 4.16. The molecule has 1 aliphatic rings. The summed E-state index contributed by atoms with van der Waals surface area (Å²) in [4.78, 5) is 8.48. The van der Waals surface area contributed by atoms with Crippen molar-refractivity contribution in [2.75, 3.05) is 12.4 Å². The largest absolute Gasteiger partial charge is 0.485 e. The molecular formula is C20H18F5N3O3S. The van der Waals surface area contributed by atoms with Gasteiger partial charge in [0.2, 0.25) is 0 Å². The van der Waals surface area contributed by atoms with Gasteiger partial charge in [-0.25, -0.2) is 13.4 Å². The molecule has 4 rings (SSSR count). The number of rotatable bonds is 7. The van der Waals surface area contributed by atoms with Gasteiger partial charge in [-0.05, 0) is 42.5 Å². The maximum Gasteiger partial charge on any atom is 0.456 e. The molecular weight excluding hydrogens is 457 g/mol. The quantitative estimate of drug-likeness (QED) is 0.466. The molecule has 0 aliphatic heterocycles. The molecule has 0 aromatic carbocycles. The molecule has 0 unspecified atom stereocenters. The zero-order valence-corrected chi connectivity index (χ0v) is 17.6. The maximum atomic E-state index is 13.3. The Bertz CT molecular complexity index is 1270. The topological polar surface area (TPSA) is 73.6 Å². The van der Waals surface area contributed by atoms with E-state index in [-0.39, 0.29) is 39.4 Å². The van der Waals surface area contributed by atoms with E-state index in [0.29, 0.717) is 0 Å². The molecule has 32 heavy (non-hydrogen) atoms. The van der Waals surface area contributed by atoms with Gasteiger partial charge in [0.15, 0.2) is 22.3 Å². The van der Waals surface area contributed by atoms with Crippen LogP contribution < -0.4 is 4.74 Å². The number of nitrogens with zero attached hydrogens (tertiary/aromatic N) is 3. The summed E-state index contributed by atoms with van der Waals surface area (Å²) in [7, 11) is -3.68. The summed E-state index contributed by atoms with van der Waals surface area (Å²) < 4.78 is 95.4. The van der Waals surface area contributed by atoms with E-state index in [4.69, 9.17) is 4.74 Å². The number of aromatic nitrogens is 3. The third-order valence-corrected chi connectivity index (χ3v) is 6.95. The fraction of sp³-hybridized carbons (Fsp3) is 0.400. The van der Waals surface area contributed by atoms with Crippen molar-refractivity contribution in [2.24, 2.45) is 0 Å². The molecule has 0 bridgehead atoms. The number of halogens is 5. The van der Waals surface area contributed by atoms with Crippen LogP contribution in [-0.4, -0.2) is 47.2 Å². The smallest absolute Gasteiger partial charge is 0.456 e. The fourth-order valence-corrected chi connectivity index (χ4v) is 4.27. The van der Waals surface area contributed by atoms with E-state index >= 15 is 0 Å². The second kappa shape index (κ2) is 7.68. The van der Waals surface area contributed by atoms with Gasteiger partial charge >= 0.3 is 12.1 Å². The van der Waals surface area contributed by atoms with E-state index < -0.39 is 28.5 Å². The van der Waals surface area contributed by atoms with Crippen LogP contribution in [0.4, 0.5) is 22.0 Å². The first-order valence-electron chi connectivity index (χ1n) is 9.71. The van der Waals surface area contributed by atoms with Crippen LogP contribution >= 0.6 is 0 Å². The van der Waals surface area contributed by atoms with Crippen molar-refractivity contribution in [1.29, 1.82) is 0 Å². The van der Waals surface area contributed by atoms with Crippen LogP contribution in [0.25, 0.3) is 17.0 Å². The van der Waals surface area contributed by atoms with Gasteiger partial charge in [0.05, 0.1) is 16.8 Å². The predicted molar refractivity (Wildman–Crippen MR) is 105 cm³/mol. The average Bonchev–Trinajstić information content (AvgIpc) is 3.50. The van der Waals surface area contributed by atoms with Crippen molar-refractivity contribution >= 4 is 15.4 Å². The SMILES string of the molecule is CCS(=O)(=O)c1cc(C2CC2)cnc1-c1ncc2c(OCC(F)(F)C(F)(F)F)cccn12. The van der Waals surface area contributed by atoms with Gasteiger partial charge in [-0.1, -0.05) is 6.92 Å². The number of fused-ring (bicyclic) bond motifs is 1. The van der Waals surface area contributed by atoms with Crippen molar-refractivity contribution in [2.45, 2.75) is 42.7 Å². The minimum atomic E-state index is -5.75. The highest BCUT2D eigenvalue weighted by Crippen LogP contribution is 2.42. The number of ether oxygens (including phenoxy) is 1. The van der Waals surface area contributed by atoms with E-state index in [1.165, 1.54) is 35.9 Å². The third kappa shape index (κ3) is 4.03. The zero-order valence-electron chi connectivity index (χ0n) is 16.7. The number of pyridine rings is 2. The maximum absolute atomic E-state index is 13.3. The monoisotopic (exact) mass is 475 g/mol. The van der Waals surface area contributed by atoms with Crippen molar-refractivity contribution < 1.29 is 35.1 Å². The third-order valence-electron chi connectivity index (χ3n) is 5.21. The van der Waals surface area contributed by atoms with Gasteiger partial charge in [-0.2, -0.15) is 22.0 Å². The van der Waals surface area contributed by atoms with Crippen molar-refractivity contribution in [1.82, 2.24) is 14.4 Å². The molecule has 1 saturated carbocycles. The summed E-state index contributed by atoms with van der Waals surface area (Å²) in [6.07, 6.45) is 0.387. The molecule has 3 aromatic rings. The highest BCUT2D eigenvalue weighted by Gasteiger charge is 2.58. The predicted octanol–water partition coefficient (Wildman–Crippen LogP) is 4.64. The first-order chi connectivity index (χ1) is 14.9. The minimum absolute atomic E-state index is 0.00757. The van der Waals surface area contributed by atoms with E-state index in [1.807, 2.05) is 0 Å². The van der Waals surface area contributed by atoms with E-state index in [2.05, 4.69) is 9.97 Å². The lowest BCUT2D eigenvalue weighted by molar-refractivity contribution is -0.289. The van der Waals surface area contributed by atoms with Crippen LogP contribution in [0.1, 0.15) is 31.2 Å². The van der Waals surface area contributed by atoms with Gasteiger partial charge in [-0.3, -0.25) is 9.38 Å².